The average Bonchev–Trinajstić information content (AvgIpc) is 2.60. The van der Waals surface area contributed by atoms with Gasteiger partial charge in [-0.2, -0.15) is 0 Å². The number of amides is 1. The zero-order chi connectivity index (χ0) is 17.8. The highest BCUT2D eigenvalue weighted by molar-refractivity contribution is 5.77. The molecular weight excluding hydrogens is 312 g/mol. The smallest absolute Gasteiger partial charge is 0.260 e. The lowest BCUT2D eigenvalue weighted by molar-refractivity contribution is -0.938. The van der Waals surface area contributed by atoms with Crippen LogP contribution < -0.4 is 9.64 Å². The lowest BCUT2D eigenvalue weighted by atomic mass is 9.89. The number of nitrogens with one attached hydrogen (secondary N) is 1. The van der Waals surface area contributed by atoms with Gasteiger partial charge >= 0.3 is 0 Å². The molecule has 3 rings (SSSR count). The number of aryl methyl sites for hydroxylation is 1. The molecule has 25 heavy (non-hydrogen) atoms. The van der Waals surface area contributed by atoms with Crippen LogP contribution in [0.4, 0.5) is 0 Å². The predicted octanol–water partition coefficient (Wildman–Crippen LogP) is 1.93. The Morgan fingerprint density at radius 3 is 2.32 bits per heavy atom. The quantitative estimate of drug-likeness (QED) is 0.905. The van der Waals surface area contributed by atoms with Crippen molar-refractivity contribution in [1.82, 2.24) is 4.90 Å². The van der Waals surface area contributed by atoms with Gasteiger partial charge in [-0.1, -0.05) is 31.5 Å². The third-order valence-electron chi connectivity index (χ3n) is 5.83. The Morgan fingerprint density at radius 1 is 1.12 bits per heavy atom. The number of carbonyl (C=O) groups is 1. The van der Waals surface area contributed by atoms with Gasteiger partial charge in [0.15, 0.2) is 6.61 Å². The van der Waals surface area contributed by atoms with Crippen molar-refractivity contribution in [3.8, 4) is 5.75 Å². The van der Waals surface area contributed by atoms with Crippen LogP contribution in [0, 0.1) is 18.8 Å². The fraction of sp³-hybridized carbons (Fsp3) is 0.667. The Hall–Kier alpha value is -1.55. The molecule has 0 spiro atoms. The highest BCUT2D eigenvalue weighted by atomic mass is 16.5. The second-order valence-corrected chi connectivity index (χ2v) is 8.27. The van der Waals surface area contributed by atoms with Crippen molar-refractivity contribution in [3.63, 3.8) is 0 Å². The Bertz CT molecular complexity index is 554. The van der Waals surface area contributed by atoms with Gasteiger partial charge in [-0.3, -0.25) is 4.79 Å². The molecule has 2 aliphatic heterocycles. The van der Waals surface area contributed by atoms with Gasteiger partial charge in [0, 0.05) is 37.8 Å². The molecule has 1 amide bonds. The molecule has 2 fully saturated rings. The minimum absolute atomic E-state index is 0.120. The van der Waals surface area contributed by atoms with E-state index in [0.29, 0.717) is 0 Å². The third-order valence-corrected chi connectivity index (χ3v) is 5.83. The van der Waals surface area contributed by atoms with Gasteiger partial charge < -0.3 is 14.5 Å². The molecule has 0 unspecified atom stereocenters. The summed E-state index contributed by atoms with van der Waals surface area (Å²) in [7, 11) is 0. The van der Waals surface area contributed by atoms with Crippen LogP contribution >= 0.6 is 0 Å². The van der Waals surface area contributed by atoms with Gasteiger partial charge in [-0.25, -0.2) is 0 Å². The maximum atomic E-state index is 12.4. The van der Waals surface area contributed by atoms with Crippen LogP contribution in [-0.4, -0.2) is 49.6 Å². The molecule has 2 atom stereocenters. The van der Waals surface area contributed by atoms with Crippen LogP contribution in [0.2, 0.25) is 0 Å². The van der Waals surface area contributed by atoms with Crippen molar-refractivity contribution in [2.24, 2.45) is 11.8 Å². The van der Waals surface area contributed by atoms with Gasteiger partial charge in [0.05, 0.1) is 19.1 Å². The monoisotopic (exact) mass is 345 g/mol. The second-order valence-electron chi connectivity index (χ2n) is 8.27. The standard InChI is InChI=1S/C21H32N2O2/c1-16-4-6-20(7-5-16)25-15-21(24)22-10-8-19(9-11-22)23-13-17(2)12-18(3)14-23/h4-7,17-19H,8-15H2,1-3H3/p+1/t17-,18-/m0/s1. The predicted molar refractivity (Wildman–Crippen MR) is 99.9 cm³/mol. The average molecular weight is 346 g/mol. The summed E-state index contributed by atoms with van der Waals surface area (Å²) in [5.74, 6) is 2.56. The zero-order valence-electron chi connectivity index (χ0n) is 16.0. The first kappa shape index (κ1) is 18.2. The molecule has 4 heteroatoms. The molecule has 2 saturated heterocycles. The van der Waals surface area contributed by atoms with Crippen LogP contribution in [0.5, 0.6) is 5.75 Å². The third kappa shape index (κ3) is 4.97. The first-order valence-electron chi connectivity index (χ1n) is 9.83. The molecule has 0 bridgehead atoms. The number of ether oxygens (including phenoxy) is 1. The molecule has 1 aromatic rings. The van der Waals surface area contributed by atoms with E-state index in [1.54, 1.807) is 4.90 Å². The summed E-state index contributed by atoms with van der Waals surface area (Å²) < 4.78 is 5.65. The van der Waals surface area contributed by atoms with Gasteiger partial charge in [-0.05, 0) is 25.5 Å². The van der Waals surface area contributed by atoms with Crippen molar-refractivity contribution in [2.75, 3.05) is 32.8 Å². The first-order chi connectivity index (χ1) is 12.0. The highest BCUT2D eigenvalue weighted by Gasteiger charge is 2.34. The Balaban J connectivity index is 1.43. The fourth-order valence-electron chi connectivity index (χ4n) is 4.57. The van der Waals surface area contributed by atoms with E-state index in [1.807, 2.05) is 36.1 Å². The number of likely N-dealkylation sites (tertiary alicyclic amines) is 2. The molecule has 1 N–H and O–H groups in total. The summed E-state index contributed by atoms with van der Waals surface area (Å²) in [5.41, 5.74) is 1.20. The van der Waals surface area contributed by atoms with Crippen LogP contribution in [0.15, 0.2) is 24.3 Å². The van der Waals surface area contributed by atoms with Crippen molar-refractivity contribution in [1.29, 1.82) is 0 Å². The second kappa shape index (κ2) is 8.22. The van der Waals surface area contributed by atoms with Crippen molar-refractivity contribution in [3.05, 3.63) is 29.8 Å². The van der Waals surface area contributed by atoms with E-state index in [-0.39, 0.29) is 12.5 Å². The van der Waals surface area contributed by atoms with E-state index >= 15 is 0 Å². The lowest BCUT2D eigenvalue weighted by Crippen LogP contribution is -3.18. The lowest BCUT2D eigenvalue weighted by Gasteiger charge is -2.41. The zero-order valence-corrected chi connectivity index (χ0v) is 16.0. The molecule has 2 aliphatic rings. The van der Waals surface area contributed by atoms with Gasteiger partial charge in [0.25, 0.3) is 5.91 Å². The number of benzene rings is 1. The molecule has 0 radical (unpaired) electrons. The Kier molecular flexibility index (Phi) is 6.00. The van der Waals surface area contributed by atoms with Gasteiger partial charge in [0.1, 0.15) is 5.75 Å². The van der Waals surface area contributed by atoms with E-state index in [2.05, 4.69) is 13.8 Å². The summed E-state index contributed by atoms with van der Waals surface area (Å²) in [4.78, 5) is 16.2. The Labute approximate surface area is 152 Å². The summed E-state index contributed by atoms with van der Waals surface area (Å²) >= 11 is 0. The van der Waals surface area contributed by atoms with Crippen molar-refractivity contribution in [2.45, 2.75) is 46.1 Å². The number of nitrogens with zero attached hydrogens (tertiary/aromatic N) is 1. The molecule has 0 aromatic heterocycles. The number of piperidine rings is 2. The van der Waals surface area contributed by atoms with E-state index in [1.165, 1.54) is 25.1 Å². The minimum Gasteiger partial charge on any atom is -0.484 e. The molecule has 2 heterocycles. The molecular formula is C21H33N2O2+. The van der Waals surface area contributed by atoms with Crippen LogP contribution in [0.25, 0.3) is 0 Å². The SMILES string of the molecule is Cc1ccc(OCC(=O)N2CCC([NH+]3C[C@@H](C)C[C@H](C)C3)CC2)cc1. The summed E-state index contributed by atoms with van der Waals surface area (Å²) in [6, 6.07) is 8.60. The van der Waals surface area contributed by atoms with E-state index < -0.39 is 0 Å². The summed E-state index contributed by atoms with van der Waals surface area (Å²) in [6.45, 7) is 11.3. The number of rotatable bonds is 4. The molecule has 0 saturated carbocycles. The van der Waals surface area contributed by atoms with Crippen LogP contribution in [-0.2, 0) is 4.79 Å². The molecule has 138 valence electrons. The molecule has 1 aromatic carbocycles. The summed E-state index contributed by atoms with van der Waals surface area (Å²) in [6.07, 6.45) is 3.63. The number of quaternary nitrogens is 1. The normalized spacial score (nSPS) is 28.0. The first-order valence-corrected chi connectivity index (χ1v) is 9.83. The van der Waals surface area contributed by atoms with E-state index in [9.17, 15) is 4.79 Å². The maximum Gasteiger partial charge on any atom is 0.260 e. The molecule has 4 nitrogen and oxygen atoms in total. The van der Waals surface area contributed by atoms with Crippen molar-refractivity contribution >= 4 is 5.91 Å². The van der Waals surface area contributed by atoms with E-state index in [0.717, 1.165) is 49.6 Å². The topological polar surface area (TPSA) is 34.0 Å². The maximum absolute atomic E-state index is 12.4. The largest absolute Gasteiger partial charge is 0.484 e. The Morgan fingerprint density at radius 2 is 1.72 bits per heavy atom. The minimum atomic E-state index is 0.120. The number of hydrogen-bond acceptors (Lipinski definition) is 2. The molecule has 0 aliphatic carbocycles. The number of hydrogen-bond donors (Lipinski definition) is 1. The van der Waals surface area contributed by atoms with Gasteiger partial charge in [0.2, 0.25) is 0 Å². The van der Waals surface area contributed by atoms with Crippen LogP contribution in [0.3, 0.4) is 0 Å². The van der Waals surface area contributed by atoms with Crippen molar-refractivity contribution < 1.29 is 14.4 Å². The fourth-order valence-corrected chi connectivity index (χ4v) is 4.57. The van der Waals surface area contributed by atoms with Crippen LogP contribution in [0.1, 0.15) is 38.7 Å². The highest BCUT2D eigenvalue weighted by Crippen LogP contribution is 2.16. The number of carbonyl (C=O) groups excluding carboxylic acids is 1. The summed E-state index contributed by atoms with van der Waals surface area (Å²) in [5, 5.41) is 0. The van der Waals surface area contributed by atoms with Gasteiger partial charge in [-0.15, -0.1) is 0 Å². The van der Waals surface area contributed by atoms with E-state index in [4.69, 9.17) is 4.74 Å².